The molecule has 116 valence electrons. The summed E-state index contributed by atoms with van der Waals surface area (Å²) in [7, 11) is 0. The first-order valence-corrected chi connectivity index (χ1v) is 8.78. The Kier molecular flexibility index (Phi) is 4.95. The van der Waals surface area contributed by atoms with Crippen LogP contribution >= 0.6 is 11.8 Å². The van der Waals surface area contributed by atoms with E-state index in [1.807, 2.05) is 36.6 Å². The minimum absolute atomic E-state index is 0.0841. The molecule has 1 aromatic carbocycles. The Labute approximate surface area is 134 Å². The summed E-state index contributed by atoms with van der Waals surface area (Å²) in [4.78, 5) is 16.2. The average Bonchev–Trinajstić information content (AvgIpc) is 3.07. The highest BCUT2D eigenvalue weighted by Crippen LogP contribution is 2.23. The maximum absolute atomic E-state index is 12.7. The lowest BCUT2D eigenvalue weighted by Crippen LogP contribution is -2.38. The van der Waals surface area contributed by atoms with Crippen molar-refractivity contribution in [2.75, 3.05) is 19.3 Å². The zero-order valence-corrected chi connectivity index (χ0v) is 13.5. The van der Waals surface area contributed by atoms with Crippen molar-refractivity contribution < 1.29 is 9.32 Å². The van der Waals surface area contributed by atoms with Crippen LogP contribution in [0.25, 0.3) is 0 Å². The minimum Gasteiger partial charge on any atom is -0.364 e. The molecule has 0 radical (unpaired) electrons. The molecule has 1 aliphatic heterocycles. The number of piperidine rings is 1. The van der Waals surface area contributed by atoms with Crippen LogP contribution in [0.1, 0.15) is 28.9 Å². The lowest BCUT2D eigenvalue weighted by atomic mass is 9.90. The summed E-state index contributed by atoms with van der Waals surface area (Å²) in [6, 6.07) is 9.82. The lowest BCUT2D eigenvalue weighted by Gasteiger charge is -2.31. The predicted octanol–water partition coefficient (Wildman–Crippen LogP) is 3.49. The molecule has 1 aromatic heterocycles. The van der Waals surface area contributed by atoms with Crippen molar-refractivity contribution in [2.24, 2.45) is 5.92 Å². The Morgan fingerprint density at radius 1 is 1.36 bits per heavy atom. The SMILES string of the molecule is CSc1ccc(C(=O)C2CCCN(Cc3ccon3)C2)cc1. The number of nitrogens with zero attached hydrogens (tertiary/aromatic N) is 2. The van der Waals surface area contributed by atoms with Crippen molar-refractivity contribution >= 4 is 17.5 Å². The molecule has 4 nitrogen and oxygen atoms in total. The van der Waals surface area contributed by atoms with E-state index in [0.29, 0.717) is 0 Å². The summed E-state index contributed by atoms with van der Waals surface area (Å²) in [5.74, 6) is 0.346. The molecule has 0 saturated carbocycles. The van der Waals surface area contributed by atoms with Crippen molar-refractivity contribution in [3.63, 3.8) is 0 Å². The number of rotatable bonds is 5. The molecule has 1 saturated heterocycles. The zero-order chi connectivity index (χ0) is 15.4. The molecule has 3 rings (SSSR count). The van der Waals surface area contributed by atoms with Crippen molar-refractivity contribution in [3.05, 3.63) is 47.9 Å². The predicted molar refractivity (Wildman–Crippen MR) is 87.1 cm³/mol. The fourth-order valence-electron chi connectivity index (χ4n) is 2.95. The summed E-state index contributed by atoms with van der Waals surface area (Å²) in [5, 5.41) is 3.95. The van der Waals surface area contributed by atoms with Crippen LogP contribution in [0.5, 0.6) is 0 Å². The molecule has 0 aliphatic carbocycles. The van der Waals surface area contributed by atoms with Crippen LogP contribution in [0.2, 0.25) is 0 Å². The Morgan fingerprint density at radius 2 is 2.18 bits per heavy atom. The molecule has 2 aromatic rings. The topological polar surface area (TPSA) is 46.3 Å². The molecule has 1 atom stereocenters. The highest BCUT2D eigenvalue weighted by atomic mass is 32.2. The van der Waals surface area contributed by atoms with Gasteiger partial charge >= 0.3 is 0 Å². The van der Waals surface area contributed by atoms with Gasteiger partial charge < -0.3 is 4.52 Å². The first kappa shape index (κ1) is 15.3. The number of carbonyl (C=O) groups is 1. The molecule has 0 spiro atoms. The van der Waals surface area contributed by atoms with Crippen LogP contribution in [-0.2, 0) is 6.54 Å². The van der Waals surface area contributed by atoms with Gasteiger partial charge in [0.15, 0.2) is 5.78 Å². The third kappa shape index (κ3) is 3.59. The number of carbonyl (C=O) groups excluding carboxylic acids is 1. The number of hydrogen-bond donors (Lipinski definition) is 0. The standard InChI is InChI=1S/C17H20N2O2S/c1-22-16-6-4-13(5-7-16)17(20)14-3-2-9-19(11-14)12-15-8-10-21-18-15/h4-8,10,14H,2-3,9,11-12H2,1H3. The number of ketones is 1. The Morgan fingerprint density at radius 3 is 2.86 bits per heavy atom. The van der Waals surface area contributed by atoms with Gasteiger partial charge in [0.1, 0.15) is 6.26 Å². The monoisotopic (exact) mass is 316 g/mol. The molecular weight excluding hydrogens is 296 g/mol. The second-order valence-electron chi connectivity index (χ2n) is 5.66. The zero-order valence-electron chi connectivity index (χ0n) is 12.7. The number of thioether (sulfide) groups is 1. The largest absolute Gasteiger partial charge is 0.364 e. The van der Waals surface area contributed by atoms with Gasteiger partial charge in [0.25, 0.3) is 0 Å². The average molecular weight is 316 g/mol. The fraction of sp³-hybridized carbons (Fsp3) is 0.412. The van der Waals surface area contributed by atoms with Crippen LogP contribution in [0.15, 0.2) is 46.0 Å². The molecule has 0 amide bonds. The Balaban J connectivity index is 1.64. The van der Waals surface area contributed by atoms with E-state index < -0.39 is 0 Å². The maximum atomic E-state index is 12.7. The van der Waals surface area contributed by atoms with E-state index in [9.17, 15) is 4.79 Å². The third-order valence-electron chi connectivity index (χ3n) is 4.13. The number of Topliss-reactive ketones (excluding diaryl/α,β-unsaturated/α-hetero) is 1. The molecule has 1 unspecified atom stereocenters. The number of likely N-dealkylation sites (tertiary alicyclic amines) is 1. The van der Waals surface area contributed by atoms with E-state index in [4.69, 9.17) is 4.52 Å². The lowest BCUT2D eigenvalue weighted by molar-refractivity contribution is 0.0809. The number of benzene rings is 1. The van der Waals surface area contributed by atoms with E-state index in [2.05, 4.69) is 10.1 Å². The fourth-order valence-corrected chi connectivity index (χ4v) is 3.36. The van der Waals surface area contributed by atoms with E-state index in [-0.39, 0.29) is 11.7 Å². The highest BCUT2D eigenvalue weighted by Gasteiger charge is 2.26. The molecule has 1 fully saturated rings. The Hall–Kier alpha value is -1.59. The molecule has 2 heterocycles. The van der Waals surface area contributed by atoms with Gasteiger partial charge in [0.05, 0.1) is 5.69 Å². The van der Waals surface area contributed by atoms with E-state index >= 15 is 0 Å². The molecule has 0 N–H and O–H groups in total. The van der Waals surface area contributed by atoms with E-state index in [1.165, 1.54) is 4.90 Å². The van der Waals surface area contributed by atoms with Crippen molar-refractivity contribution in [1.29, 1.82) is 0 Å². The second-order valence-corrected chi connectivity index (χ2v) is 6.54. The molecule has 22 heavy (non-hydrogen) atoms. The highest BCUT2D eigenvalue weighted by molar-refractivity contribution is 7.98. The van der Waals surface area contributed by atoms with Crippen LogP contribution in [0.3, 0.4) is 0 Å². The van der Waals surface area contributed by atoms with Gasteiger partial charge in [-0.2, -0.15) is 0 Å². The van der Waals surface area contributed by atoms with Crippen LogP contribution in [0, 0.1) is 5.92 Å². The normalized spacial score (nSPS) is 19.2. The molecule has 1 aliphatic rings. The molecule has 0 bridgehead atoms. The van der Waals surface area contributed by atoms with Gasteiger partial charge in [-0.3, -0.25) is 9.69 Å². The Bertz CT molecular complexity index is 610. The van der Waals surface area contributed by atoms with Gasteiger partial charge in [0, 0.05) is 35.5 Å². The van der Waals surface area contributed by atoms with Crippen molar-refractivity contribution in [1.82, 2.24) is 10.1 Å². The summed E-state index contributed by atoms with van der Waals surface area (Å²) >= 11 is 1.69. The van der Waals surface area contributed by atoms with E-state index in [0.717, 1.165) is 43.7 Å². The quantitative estimate of drug-likeness (QED) is 0.624. The van der Waals surface area contributed by atoms with E-state index in [1.54, 1.807) is 18.0 Å². The van der Waals surface area contributed by atoms with Gasteiger partial charge in [0.2, 0.25) is 0 Å². The van der Waals surface area contributed by atoms with Crippen LogP contribution in [0.4, 0.5) is 0 Å². The van der Waals surface area contributed by atoms with Crippen LogP contribution < -0.4 is 0 Å². The number of hydrogen-bond acceptors (Lipinski definition) is 5. The molecular formula is C17H20N2O2S. The summed E-state index contributed by atoms with van der Waals surface area (Å²) < 4.78 is 4.88. The van der Waals surface area contributed by atoms with Gasteiger partial charge in [-0.25, -0.2) is 0 Å². The van der Waals surface area contributed by atoms with Crippen LogP contribution in [-0.4, -0.2) is 35.2 Å². The number of aromatic nitrogens is 1. The van der Waals surface area contributed by atoms with Gasteiger partial charge in [-0.05, 0) is 37.8 Å². The summed E-state index contributed by atoms with van der Waals surface area (Å²) in [6.45, 7) is 2.57. The summed E-state index contributed by atoms with van der Waals surface area (Å²) in [5.41, 5.74) is 1.75. The summed E-state index contributed by atoms with van der Waals surface area (Å²) in [6.07, 6.45) is 5.66. The molecule has 5 heteroatoms. The van der Waals surface area contributed by atoms with Gasteiger partial charge in [-0.15, -0.1) is 11.8 Å². The minimum atomic E-state index is 0.0841. The smallest absolute Gasteiger partial charge is 0.167 e. The van der Waals surface area contributed by atoms with Gasteiger partial charge in [-0.1, -0.05) is 17.3 Å². The second kappa shape index (κ2) is 7.11. The van der Waals surface area contributed by atoms with Crippen molar-refractivity contribution in [3.8, 4) is 0 Å². The first-order valence-electron chi connectivity index (χ1n) is 7.56. The van der Waals surface area contributed by atoms with Crippen molar-refractivity contribution in [2.45, 2.75) is 24.3 Å². The maximum Gasteiger partial charge on any atom is 0.167 e. The first-order chi connectivity index (χ1) is 10.8. The third-order valence-corrected chi connectivity index (χ3v) is 4.87.